The lowest BCUT2D eigenvalue weighted by atomic mass is 9.89. The Labute approximate surface area is 195 Å². The summed E-state index contributed by atoms with van der Waals surface area (Å²) < 4.78 is 5.17. The Hall–Kier alpha value is -3.38. The molecule has 3 aromatic rings. The van der Waals surface area contributed by atoms with Gasteiger partial charge in [-0.2, -0.15) is 0 Å². The Bertz CT molecular complexity index is 1140. The number of piperidine rings is 1. The van der Waals surface area contributed by atoms with Crippen LogP contribution in [0.3, 0.4) is 0 Å². The summed E-state index contributed by atoms with van der Waals surface area (Å²) in [5, 5.41) is 13.3. The van der Waals surface area contributed by atoms with Crippen LogP contribution in [0, 0.1) is 13.8 Å². The van der Waals surface area contributed by atoms with E-state index in [2.05, 4.69) is 10.2 Å². The number of phenols is 1. The van der Waals surface area contributed by atoms with E-state index in [9.17, 15) is 9.90 Å². The molecule has 0 spiro atoms. The van der Waals surface area contributed by atoms with Crippen molar-refractivity contribution in [1.82, 2.24) is 9.88 Å². The molecule has 1 saturated heterocycles. The zero-order valence-corrected chi connectivity index (χ0v) is 19.5. The van der Waals surface area contributed by atoms with Crippen LogP contribution in [0.5, 0.6) is 11.5 Å². The summed E-state index contributed by atoms with van der Waals surface area (Å²) in [7, 11) is 1.59. The van der Waals surface area contributed by atoms with E-state index in [4.69, 9.17) is 9.72 Å². The maximum absolute atomic E-state index is 13.1. The van der Waals surface area contributed by atoms with Gasteiger partial charge in [0.2, 0.25) is 0 Å². The molecule has 1 aliphatic rings. The van der Waals surface area contributed by atoms with Crippen LogP contribution in [0.4, 0.5) is 5.69 Å². The van der Waals surface area contributed by atoms with E-state index < -0.39 is 0 Å². The molecule has 0 atom stereocenters. The lowest BCUT2D eigenvalue weighted by molar-refractivity contribution is 0.102. The number of aromatic nitrogens is 1. The van der Waals surface area contributed by atoms with Gasteiger partial charge in [-0.25, -0.2) is 0 Å². The quantitative estimate of drug-likeness (QED) is 0.556. The van der Waals surface area contributed by atoms with Crippen molar-refractivity contribution in [3.63, 3.8) is 0 Å². The fourth-order valence-electron chi connectivity index (χ4n) is 4.41. The van der Waals surface area contributed by atoms with Gasteiger partial charge < -0.3 is 15.2 Å². The number of phenolic OH excluding ortho intramolecular Hbond substituents is 1. The van der Waals surface area contributed by atoms with Crippen molar-refractivity contribution < 1.29 is 14.6 Å². The molecule has 0 aliphatic carbocycles. The van der Waals surface area contributed by atoms with E-state index >= 15 is 0 Å². The van der Waals surface area contributed by atoms with E-state index in [0.717, 1.165) is 54.1 Å². The minimum atomic E-state index is -0.117. The number of pyridine rings is 1. The number of carbonyl (C=O) groups excluding carboxylic acids is 1. The Balaban J connectivity index is 1.44. The second-order valence-corrected chi connectivity index (χ2v) is 8.75. The van der Waals surface area contributed by atoms with Crippen LogP contribution >= 0.6 is 0 Å². The Kier molecular flexibility index (Phi) is 6.94. The highest BCUT2D eigenvalue weighted by atomic mass is 16.5. The van der Waals surface area contributed by atoms with E-state index in [0.29, 0.717) is 17.9 Å². The van der Waals surface area contributed by atoms with Crippen molar-refractivity contribution in [2.75, 3.05) is 25.5 Å². The van der Waals surface area contributed by atoms with Gasteiger partial charge in [0.15, 0.2) is 0 Å². The summed E-state index contributed by atoms with van der Waals surface area (Å²) >= 11 is 0. The number of amides is 1. The monoisotopic (exact) mass is 445 g/mol. The van der Waals surface area contributed by atoms with Gasteiger partial charge in [-0.3, -0.25) is 14.7 Å². The molecule has 1 fully saturated rings. The number of anilines is 1. The van der Waals surface area contributed by atoms with Crippen LogP contribution in [-0.4, -0.2) is 41.1 Å². The van der Waals surface area contributed by atoms with Gasteiger partial charge in [0.25, 0.3) is 5.91 Å². The van der Waals surface area contributed by atoms with E-state index in [1.807, 2.05) is 62.4 Å². The van der Waals surface area contributed by atoms with Crippen LogP contribution in [-0.2, 0) is 6.54 Å². The first kappa shape index (κ1) is 22.8. The molecule has 0 unspecified atom stereocenters. The van der Waals surface area contributed by atoms with E-state index in [1.54, 1.807) is 13.2 Å². The lowest BCUT2D eigenvalue weighted by Gasteiger charge is -2.32. The lowest BCUT2D eigenvalue weighted by Crippen LogP contribution is -2.33. The van der Waals surface area contributed by atoms with Crippen molar-refractivity contribution in [3.8, 4) is 11.5 Å². The zero-order valence-electron chi connectivity index (χ0n) is 19.5. The minimum absolute atomic E-state index is 0.117. The molecular formula is C27H31N3O3. The highest BCUT2D eigenvalue weighted by Crippen LogP contribution is 2.32. The highest BCUT2D eigenvalue weighted by molar-refractivity contribution is 6.05. The van der Waals surface area contributed by atoms with Crippen molar-refractivity contribution in [2.45, 2.75) is 39.2 Å². The van der Waals surface area contributed by atoms with Crippen LogP contribution in [0.1, 0.15) is 51.6 Å². The van der Waals surface area contributed by atoms with Crippen LogP contribution in [0.15, 0.2) is 54.6 Å². The number of nitrogens with one attached hydrogen (secondary N) is 1. The standard InChI is InChI=1S/C27H31N3O3/c1-18-5-4-6-22(15-18)29-27(32)24-10-7-19(2)28-26(24)20-11-13-30(14-12-20)17-21-8-9-23(33-3)16-25(21)31/h4-10,15-16,20,31H,11-14,17H2,1-3H3,(H,29,32). The van der Waals surface area contributed by atoms with Crippen molar-refractivity contribution in [3.05, 3.63) is 82.7 Å². The fourth-order valence-corrected chi connectivity index (χ4v) is 4.41. The molecule has 4 rings (SSSR count). The summed E-state index contributed by atoms with van der Waals surface area (Å²) in [5.74, 6) is 1.02. The minimum Gasteiger partial charge on any atom is -0.507 e. The average Bonchev–Trinajstić information content (AvgIpc) is 2.80. The first-order valence-corrected chi connectivity index (χ1v) is 11.4. The maximum atomic E-state index is 13.1. The van der Waals surface area contributed by atoms with Crippen molar-refractivity contribution in [2.24, 2.45) is 0 Å². The average molecular weight is 446 g/mol. The van der Waals surface area contributed by atoms with Gasteiger partial charge >= 0.3 is 0 Å². The number of methoxy groups -OCH3 is 1. The number of aromatic hydroxyl groups is 1. The second kappa shape index (κ2) is 10.0. The number of rotatable bonds is 6. The molecule has 33 heavy (non-hydrogen) atoms. The number of hydrogen-bond acceptors (Lipinski definition) is 5. The third-order valence-corrected chi connectivity index (χ3v) is 6.25. The molecule has 2 aromatic carbocycles. The number of nitrogens with zero attached hydrogens (tertiary/aromatic N) is 2. The van der Waals surface area contributed by atoms with Gasteiger partial charge in [-0.15, -0.1) is 0 Å². The molecule has 172 valence electrons. The van der Waals surface area contributed by atoms with E-state index in [1.165, 1.54) is 0 Å². The predicted octanol–water partition coefficient (Wildman–Crippen LogP) is 5.04. The number of benzene rings is 2. The summed E-state index contributed by atoms with van der Waals surface area (Å²) in [5.41, 5.74) is 5.23. The SMILES string of the molecule is COc1ccc(CN2CCC(c3nc(C)ccc3C(=O)Nc3cccc(C)c3)CC2)c(O)c1. The first-order valence-electron chi connectivity index (χ1n) is 11.4. The zero-order chi connectivity index (χ0) is 23.4. The van der Waals surface area contributed by atoms with Gasteiger partial charge in [-0.05, 0) is 75.7 Å². The molecule has 2 heterocycles. The van der Waals surface area contributed by atoms with Crippen molar-refractivity contribution >= 4 is 11.6 Å². The largest absolute Gasteiger partial charge is 0.507 e. The Morgan fingerprint density at radius 1 is 1.12 bits per heavy atom. The van der Waals surface area contributed by atoms with Crippen LogP contribution in [0.25, 0.3) is 0 Å². The maximum Gasteiger partial charge on any atom is 0.257 e. The van der Waals surface area contributed by atoms with Gasteiger partial charge in [-0.1, -0.05) is 18.2 Å². The number of hydrogen-bond donors (Lipinski definition) is 2. The number of carbonyl (C=O) groups is 1. The second-order valence-electron chi connectivity index (χ2n) is 8.75. The normalized spacial score (nSPS) is 14.8. The molecule has 6 heteroatoms. The number of likely N-dealkylation sites (tertiary alicyclic amines) is 1. The molecule has 0 bridgehead atoms. The molecule has 1 aromatic heterocycles. The van der Waals surface area contributed by atoms with Crippen LogP contribution < -0.4 is 10.1 Å². The van der Waals surface area contributed by atoms with Gasteiger partial charge in [0.1, 0.15) is 11.5 Å². The topological polar surface area (TPSA) is 74.7 Å². The molecular weight excluding hydrogens is 414 g/mol. The molecule has 1 amide bonds. The first-order chi connectivity index (χ1) is 15.9. The Morgan fingerprint density at radius 3 is 2.61 bits per heavy atom. The number of ether oxygens (including phenoxy) is 1. The smallest absolute Gasteiger partial charge is 0.257 e. The third-order valence-electron chi connectivity index (χ3n) is 6.25. The highest BCUT2D eigenvalue weighted by Gasteiger charge is 2.26. The Morgan fingerprint density at radius 2 is 1.91 bits per heavy atom. The van der Waals surface area contributed by atoms with Crippen LogP contribution in [0.2, 0.25) is 0 Å². The molecule has 2 N–H and O–H groups in total. The summed E-state index contributed by atoms with van der Waals surface area (Å²) in [6.45, 7) is 6.42. The summed E-state index contributed by atoms with van der Waals surface area (Å²) in [6.07, 6.45) is 1.83. The molecule has 0 radical (unpaired) electrons. The summed E-state index contributed by atoms with van der Waals surface area (Å²) in [6, 6.07) is 17.0. The van der Waals surface area contributed by atoms with Gasteiger partial charge in [0.05, 0.1) is 18.4 Å². The summed E-state index contributed by atoms with van der Waals surface area (Å²) in [4.78, 5) is 20.2. The molecule has 0 saturated carbocycles. The van der Waals surface area contributed by atoms with Crippen molar-refractivity contribution in [1.29, 1.82) is 0 Å². The fraction of sp³-hybridized carbons (Fsp3) is 0.333. The number of aryl methyl sites for hydroxylation is 2. The molecule has 6 nitrogen and oxygen atoms in total. The predicted molar refractivity (Wildman–Crippen MR) is 130 cm³/mol. The van der Waals surface area contributed by atoms with E-state index in [-0.39, 0.29) is 17.6 Å². The molecule has 1 aliphatic heterocycles. The third kappa shape index (κ3) is 5.52. The van der Waals surface area contributed by atoms with Gasteiger partial charge in [0, 0.05) is 35.5 Å².